The number of rotatable bonds is 2. The molecule has 0 aliphatic rings. The van der Waals surface area contributed by atoms with Gasteiger partial charge in [-0.15, -0.1) is 0 Å². The van der Waals surface area contributed by atoms with Crippen LogP contribution in [-0.2, 0) is 6.18 Å². The van der Waals surface area contributed by atoms with Gasteiger partial charge in [0.05, 0.1) is 16.7 Å². The highest BCUT2D eigenvalue weighted by Crippen LogP contribution is 2.39. The molecule has 0 radical (unpaired) electrons. The molecule has 0 unspecified atom stereocenters. The molecule has 98 valence electrons. The molecule has 0 heterocycles. The first-order valence-corrected chi connectivity index (χ1v) is 5.03. The van der Waals surface area contributed by atoms with E-state index in [0.29, 0.717) is 6.07 Å². The van der Waals surface area contributed by atoms with Crippen molar-refractivity contribution < 1.29 is 27.9 Å². The van der Waals surface area contributed by atoms with Crippen LogP contribution in [0.25, 0.3) is 0 Å². The predicted octanol–water partition coefficient (Wildman–Crippen LogP) is 3.12. The number of hydrogen-bond donors (Lipinski definition) is 1. The maximum Gasteiger partial charge on any atom is 0.417 e. The van der Waals surface area contributed by atoms with Crippen LogP contribution in [0.5, 0.6) is 5.75 Å². The summed E-state index contributed by atoms with van der Waals surface area (Å²) in [6, 6.07) is 0.702. The van der Waals surface area contributed by atoms with Crippen LogP contribution in [0.1, 0.15) is 45.7 Å². The molecule has 0 saturated heterocycles. The molecule has 0 bridgehead atoms. The zero-order chi connectivity index (χ0) is 14.2. The van der Waals surface area contributed by atoms with Gasteiger partial charge in [0.25, 0.3) is 0 Å². The Hall–Kier alpha value is -1.85. The summed E-state index contributed by atoms with van der Waals surface area (Å²) in [5, 5.41) is 9.71. The Balaban J connectivity index is 3.78. The van der Waals surface area contributed by atoms with Gasteiger partial charge in [-0.3, -0.25) is 9.59 Å². The van der Waals surface area contributed by atoms with Crippen LogP contribution in [-0.4, -0.2) is 16.7 Å². The quantitative estimate of drug-likeness (QED) is 0.831. The molecule has 3 nitrogen and oxygen atoms in total. The molecule has 1 rings (SSSR count). The van der Waals surface area contributed by atoms with Crippen molar-refractivity contribution in [1.82, 2.24) is 0 Å². The van der Waals surface area contributed by atoms with Crippen molar-refractivity contribution in [1.29, 1.82) is 0 Å². The highest BCUT2D eigenvalue weighted by molar-refractivity contribution is 6.05. The van der Waals surface area contributed by atoms with E-state index >= 15 is 0 Å². The number of halogens is 3. The third kappa shape index (κ3) is 2.37. The van der Waals surface area contributed by atoms with Crippen LogP contribution in [0.15, 0.2) is 6.07 Å². The second-order valence-electron chi connectivity index (χ2n) is 3.95. The number of carbonyl (C=O) groups excluding carboxylic acids is 2. The molecular formula is C12H11F3O3. The van der Waals surface area contributed by atoms with E-state index in [-0.39, 0.29) is 11.1 Å². The van der Waals surface area contributed by atoms with Crippen LogP contribution < -0.4 is 0 Å². The SMILES string of the molecule is CC(=O)c1c(C)cc(C(F)(F)F)c(C(C)=O)c1O. The van der Waals surface area contributed by atoms with Crippen molar-refractivity contribution in [3.63, 3.8) is 0 Å². The predicted molar refractivity (Wildman–Crippen MR) is 57.9 cm³/mol. The van der Waals surface area contributed by atoms with Crippen molar-refractivity contribution in [2.24, 2.45) is 0 Å². The molecule has 1 N–H and O–H groups in total. The van der Waals surface area contributed by atoms with E-state index in [0.717, 1.165) is 13.8 Å². The number of phenolic OH excluding ortho intramolecular Hbond substituents is 1. The van der Waals surface area contributed by atoms with E-state index in [1.54, 1.807) is 0 Å². The van der Waals surface area contributed by atoms with Gasteiger partial charge in [-0.05, 0) is 32.4 Å². The van der Waals surface area contributed by atoms with E-state index in [1.807, 2.05) is 0 Å². The number of alkyl halides is 3. The van der Waals surface area contributed by atoms with Gasteiger partial charge in [-0.2, -0.15) is 13.2 Å². The number of carbonyl (C=O) groups is 2. The van der Waals surface area contributed by atoms with Gasteiger partial charge in [0.15, 0.2) is 11.6 Å². The van der Waals surface area contributed by atoms with Gasteiger partial charge in [0.2, 0.25) is 0 Å². The Bertz CT molecular complexity index is 530. The summed E-state index contributed by atoms with van der Waals surface area (Å²) in [5.74, 6) is -2.44. The molecule has 0 aliphatic heterocycles. The Morgan fingerprint density at radius 1 is 1.11 bits per heavy atom. The van der Waals surface area contributed by atoms with Gasteiger partial charge in [0.1, 0.15) is 5.75 Å². The third-order valence-electron chi connectivity index (χ3n) is 2.51. The number of phenols is 1. The number of ketones is 2. The summed E-state index contributed by atoms with van der Waals surface area (Å²) >= 11 is 0. The van der Waals surface area contributed by atoms with Crippen molar-refractivity contribution in [3.8, 4) is 5.75 Å². The fourth-order valence-corrected chi connectivity index (χ4v) is 1.82. The van der Waals surface area contributed by atoms with E-state index in [9.17, 15) is 27.9 Å². The molecule has 1 aromatic carbocycles. The van der Waals surface area contributed by atoms with Crippen molar-refractivity contribution in [2.75, 3.05) is 0 Å². The lowest BCUT2D eigenvalue weighted by molar-refractivity contribution is -0.138. The minimum absolute atomic E-state index is 0.0164. The molecule has 18 heavy (non-hydrogen) atoms. The molecule has 1 aromatic rings. The fraction of sp³-hybridized carbons (Fsp3) is 0.333. The van der Waals surface area contributed by atoms with Crippen molar-refractivity contribution >= 4 is 11.6 Å². The molecule has 0 aliphatic carbocycles. The van der Waals surface area contributed by atoms with Gasteiger partial charge >= 0.3 is 6.18 Å². The zero-order valence-electron chi connectivity index (χ0n) is 9.97. The first kappa shape index (κ1) is 14.2. The fourth-order valence-electron chi connectivity index (χ4n) is 1.82. The smallest absolute Gasteiger partial charge is 0.417 e. The number of aryl methyl sites for hydroxylation is 1. The number of hydrogen-bond acceptors (Lipinski definition) is 3. The van der Waals surface area contributed by atoms with Gasteiger partial charge in [0, 0.05) is 0 Å². The summed E-state index contributed by atoms with van der Waals surface area (Å²) < 4.78 is 38.3. The first-order chi connectivity index (χ1) is 8.07. The average Bonchev–Trinajstić information content (AvgIpc) is 2.13. The normalized spacial score (nSPS) is 11.4. The largest absolute Gasteiger partial charge is 0.506 e. The van der Waals surface area contributed by atoms with Gasteiger partial charge in [-0.25, -0.2) is 0 Å². The Labute approximate surface area is 101 Å². The topological polar surface area (TPSA) is 54.4 Å². The van der Waals surface area contributed by atoms with Crippen molar-refractivity contribution in [3.05, 3.63) is 28.3 Å². The highest BCUT2D eigenvalue weighted by Gasteiger charge is 2.37. The molecule has 0 amide bonds. The maximum atomic E-state index is 12.8. The minimum atomic E-state index is -4.77. The summed E-state index contributed by atoms with van der Waals surface area (Å²) in [5.41, 5.74) is -2.36. The van der Waals surface area contributed by atoms with Gasteiger partial charge < -0.3 is 5.11 Å². The zero-order valence-corrected chi connectivity index (χ0v) is 9.97. The van der Waals surface area contributed by atoms with E-state index in [2.05, 4.69) is 0 Å². The summed E-state index contributed by atoms with van der Waals surface area (Å²) in [6.45, 7) is 3.29. The summed E-state index contributed by atoms with van der Waals surface area (Å²) in [7, 11) is 0. The summed E-state index contributed by atoms with van der Waals surface area (Å²) in [6.07, 6.45) is -4.77. The number of Topliss-reactive ketones (excluding diaryl/α,β-unsaturated/α-hetero) is 2. The van der Waals surface area contributed by atoms with Crippen LogP contribution in [0.2, 0.25) is 0 Å². The van der Waals surface area contributed by atoms with E-state index < -0.39 is 34.6 Å². The number of benzene rings is 1. The van der Waals surface area contributed by atoms with Crippen molar-refractivity contribution in [2.45, 2.75) is 26.9 Å². The summed E-state index contributed by atoms with van der Waals surface area (Å²) in [4.78, 5) is 22.5. The van der Waals surface area contributed by atoms with Crippen LogP contribution in [0.4, 0.5) is 13.2 Å². The minimum Gasteiger partial charge on any atom is -0.506 e. The second-order valence-corrected chi connectivity index (χ2v) is 3.95. The van der Waals surface area contributed by atoms with E-state index in [1.165, 1.54) is 6.92 Å². The molecule has 0 spiro atoms. The third-order valence-corrected chi connectivity index (χ3v) is 2.51. The molecule has 0 fully saturated rings. The lowest BCUT2D eigenvalue weighted by atomic mass is 9.93. The Morgan fingerprint density at radius 2 is 1.56 bits per heavy atom. The Kier molecular flexibility index (Phi) is 3.50. The van der Waals surface area contributed by atoms with E-state index in [4.69, 9.17) is 0 Å². The monoisotopic (exact) mass is 260 g/mol. The lowest BCUT2D eigenvalue weighted by Crippen LogP contribution is -2.14. The van der Waals surface area contributed by atoms with Crippen LogP contribution >= 0.6 is 0 Å². The molecule has 6 heteroatoms. The van der Waals surface area contributed by atoms with Crippen LogP contribution in [0.3, 0.4) is 0 Å². The lowest BCUT2D eigenvalue weighted by Gasteiger charge is -2.16. The maximum absolute atomic E-state index is 12.8. The highest BCUT2D eigenvalue weighted by atomic mass is 19.4. The molecule has 0 aromatic heterocycles. The number of aromatic hydroxyl groups is 1. The second kappa shape index (κ2) is 4.44. The Morgan fingerprint density at radius 3 is 1.89 bits per heavy atom. The first-order valence-electron chi connectivity index (χ1n) is 5.03. The molecule has 0 atom stereocenters. The standard InChI is InChI=1S/C12H11F3O3/c1-5-4-8(12(13,14)15)10(7(3)17)11(18)9(5)6(2)16/h4,18H,1-3H3. The van der Waals surface area contributed by atoms with Gasteiger partial charge in [-0.1, -0.05) is 0 Å². The molecular weight excluding hydrogens is 249 g/mol. The molecule has 0 saturated carbocycles. The average molecular weight is 260 g/mol. The van der Waals surface area contributed by atoms with Crippen LogP contribution in [0, 0.1) is 6.92 Å².